The summed E-state index contributed by atoms with van der Waals surface area (Å²) in [4.78, 5) is 22.7. The van der Waals surface area contributed by atoms with Crippen LogP contribution in [0.1, 0.15) is 24.2 Å². The first-order valence-electron chi connectivity index (χ1n) is 5.22. The van der Waals surface area contributed by atoms with Gasteiger partial charge in [0.1, 0.15) is 5.71 Å². The zero-order valence-electron chi connectivity index (χ0n) is 9.77. The zero-order valence-corrected chi connectivity index (χ0v) is 9.77. The van der Waals surface area contributed by atoms with Gasteiger partial charge in [0.05, 0.1) is 6.61 Å². The van der Waals surface area contributed by atoms with Crippen LogP contribution >= 0.6 is 0 Å². The third-order valence-corrected chi connectivity index (χ3v) is 1.93. The Kier molecular flexibility index (Phi) is 4.87. The Bertz CT molecular complexity index is 427. The first-order valence-corrected chi connectivity index (χ1v) is 5.22. The van der Waals surface area contributed by atoms with Crippen molar-refractivity contribution in [2.24, 2.45) is 5.10 Å². The fraction of sp³-hybridized carbons (Fsp3) is 0.250. The Morgan fingerprint density at radius 3 is 2.53 bits per heavy atom. The largest absolute Gasteiger partial charge is 0.461 e. The Morgan fingerprint density at radius 2 is 1.94 bits per heavy atom. The molecule has 0 saturated heterocycles. The summed E-state index contributed by atoms with van der Waals surface area (Å²) in [7, 11) is 0. The lowest BCUT2D eigenvalue weighted by Gasteiger charge is -2.02. The third kappa shape index (κ3) is 4.06. The van der Waals surface area contributed by atoms with Crippen molar-refractivity contribution in [2.45, 2.75) is 13.8 Å². The van der Waals surface area contributed by atoms with Gasteiger partial charge >= 0.3 is 5.97 Å². The van der Waals surface area contributed by atoms with Crippen molar-refractivity contribution in [1.82, 2.24) is 5.43 Å². The SMILES string of the molecule is CCOC(=O)/C(C)=N/NC(=O)c1ccccc1. The van der Waals surface area contributed by atoms with Crippen molar-refractivity contribution in [3.8, 4) is 0 Å². The number of carbonyl (C=O) groups excluding carboxylic acids is 2. The normalized spacial score (nSPS) is 10.8. The molecule has 0 atom stereocenters. The number of nitrogens with zero attached hydrogens (tertiary/aromatic N) is 1. The quantitative estimate of drug-likeness (QED) is 0.486. The maximum atomic E-state index is 11.6. The van der Waals surface area contributed by atoms with Crippen LogP contribution in [0.5, 0.6) is 0 Å². The first-order chi connectivity index (χ1) is 8.15. The number of nitrogens with one attached hydrogen (secondary N) is 1. The Hall–Kier alpha value is -2.17. The molecule has 0 aromatic heterocycles. The number of hydrazone groups is 1. The van der Waals surface area contributed by atoms with Gasteiger partial charge in [-0.25, -0.2) is 10.2 Å². The molecule has 17 heavy (non-hydrogen) atoms. The van der Waals surface area contributed by atoms with Crippen molar-refractivity contribution in [3.05, 3.63) is 35.9 Å². The third-order valence-electron chi connectivity index (χ3n) is 1.93. The molecule has 1 rings (SSSR count). The molecule has 1 aromatic carbocycles. The van der Waals surface area contributed by atoms with Crippen LogP contribution < -0.4 is 5.43 Å². The maximum absolute atomic E-state index is 11.6. The molecule has 0 fully saturated rings. The van der Waals surface area contributed by atoms with E-state index in [1.54, 1.807) is 31.2 Å². The minimum Gasteiger partial charge on any atom is -0.461 e. The molecule has 0 aliphatic rings. The van der Waals surface area contributed by atoms with Gasteiger partial charge in [0, 0.05) is 5.56 Å². The van der Waals surface area contributed by atoms with E-state index in [0.717, 1.165) is 0 Å². The fourth-order valence-corrected chi connectivity index (χ4v) is 1.07. The van der Waals surface area contributed by atoms with E-state index in [1.165, 1.54) is 6.92 Å². The van der Waals surface area contributed by atoms with E-state index < -0.39 is 5.97 Å². The number of hydrogen-bond acceptors (Lipinski definition) is 4. The lowest BCUT2D eigenvalue weighted by Crippen LogP contribution is -2.23. The number of rotatable bonds is 4. The first kappa shape index (κ1) is 12.9. The van der Waals surface area contributed by atoms with Crippen LogP contribution in [0.15, 0.2) is 35.4 Å². The summed E-state index contributed by atoms with van der Waals surface area (Å²) in [5.41, 5.74) is 2.87. The summed E-state index contributed by atoms with van der Waals surface area (Å²) in [6.45, 7) is 3.45. The molecule has 0 saturated carbocycles. The molecule has 0 heterocycles. The van der Waals surface area contributed by atoms with Crippen LogP contribution in [0, 0.1) is 0 Å². The van der Waals surface area contributed by atoms with Crippen molar-refractivity contribution in [3.63, 3.8) is 0 Å². The number of carbonyl (C=O) groups is 2. The summed E-state index contributed by atoms with van der Waals surface area (Å²) in [6, 6.07) is 8.62. The maximum Gasteiger partial charge on any atom is 0.354 e. The van der Waals surface area contributed by atoms with E-state index in [4.69, 9.17) is 4.74 Å². The lowest BCUT2D eigenvalue weighted by molar-refractivity contribution is -0.135. The molecular formula is C12H14N2O3. The highest BCUT2D eigenvalue weighted by atomic mass is 16.5. The Morgan fingerprint density at radius 1 is 1.29 bits per heavy atom. The summed E-state index contributed by atoms with van der Waals surface area (Å²) < 4.78 is 4.72. The van der Waals surface area contributed by atoms with Crippen LogP contribution in [-0.2, 0) is 9.53 Å². The van der Waals surface area contributed by atoms with Crippen molar-refractivity contribution in [2.75, 3.05) is 6.61 Å². The number of hydrogen-bond donors (Lipinski definition) is 1. The van der Waals surface area contributed by atoms with Gasteiger partial charge in [0.15, 0.2) is 0 Å². The molecule has 0 unspecified atom stereocenters. The summed E-state index contributed by atoms with van der Waals surface area (Å²) >= 11 is 0. The minimum absolute atomic E-state index is 0.108. The van der Waals surface area contributed by atoms with Gasteiger partial charge in [0.25, 0.3) is 5.91 Å². The molecule has 0 bridgehead atoms. The number of amides is 1. The minimum atomic E-state index is -0.541. The topological polar surface area (TPSA) is 67.8 Å². The molecule has 0 radical (unpaired) electrons. The fourth-order valence-electron chi connectivity index (χ4n) is 1.07. The van der Waals surface area contributed by atoms with Crippen LogP contribution in [-0.4, -0.2) is 24.2 Å². The average molecular weight is 234 g/mol. The van der Waals surface area contributed by atoms with Gasteiger partial charge in [0.2, 0.25) is 0 Å². The molecule has 0 spiro atoms. The van der Waals surface area contributed by atoms with Crippen molar-refractivity contribution < 1.29 is 14.3 Å². The van der Waals surface area contributed by atoms with Gasteiger partial charge in [-0.15, -0.1) is 0 Å². The predicted octanol–water partition coefficient (Wildman–Crippen LogP) is 1.36. The molecule has 1 amide bonds. The standard InChI is InChI=1S/C12H14N2O3/c1-3-17-12(16)9(2)13-14-11(15)10-7-5-4-6-8-10/h4-8H,3H2,1-2H3,(H,14,15)/b13-9+. The van der Waals surface area contributed by atoms with Crippen LogP contribution in [0.25, 0.3) is 0 Å². The van der Waals surface area contributed by atoms with E-state index in [1.807, 2.05) is 6.07 Å². The van der Waals surface area contributed by atoms with Gasteiger partial charge in [-0.05, 0) is 26.0 Å². The molecule has 5 heteroatoms. The molecule has 90 valence electrons. The highest BCUT2D eigenvalue weighted by Crippen LogP contribution is 1.97. The number of esters is 1. The Balaban J connectivity index is 2.59. The molecule has 1 aromatic rings. The monoisotopic (exact) mass is 234 g/mol. The van der Waals surface area contributed by atoms with E-state index in [0.29, 0.717) is 5.56 Å². The second kappa shape index (κ2) is 6.42. The number of benzene rings is 1. The van der Waals surface area contributed by atoms with Crippen LogP contribution in [0.3, 0.4) is 0 Å². The molecule has 5 nitrogen and oxygen atoms in total. The van der Waals surface area contributed by atoms with E-state index in [9.17, 15) is 9.59 Å². The average Bonchev–Trinajstić information content (AvgIpc) is 2.36. The zero-order chi connectivity index (χ0) is 12.7. The molecule has 0 aliphatic heterocycles. The summed E-state index contributed by atoms with van der Waals surface area (Å²) in [5.74, 6) is -0.907. The molecule has 0 aliphatic carbocycles. The highest BCUT2D eigenvalue weighted by molar-refractivity contribution is 6.35. The van der Waals surface area contributed by atoms with Crippen LogP contribution in [0.4, 0.5) is 0 Å². The molecular weight excluding hydrogens is 220 g/mol. The van der Waals surface area contributed by atoms with Gasteiger partial charge in [-0.2, -0.15) is 5.10 Å². The summed E-state index contributed by atoms with van der Waals surface area (Å²) in [5, 5.41) is 3.66. The van der Waals surface area contributed by atoms with Crippen molar-refractivity contribution >= 4 is 17.6 Å². The predicted molar refractivity (Wildman–Crippen MR) is 63.7 cm³/mol. The van der Waals surface area contributed by atoms with Gasteiger partial charge in [-0.3, -0.25) is 4.79 Å². The van der Waals surface area contributed by atoms with Gasteiger partial charge < -0.3 is 4.74 Å². The van der Waals surface area contributed by atoms with Crippen LogP contribution in [0.2, 0.25) is 0 Å². The second-order valence-electron chi connectivity index (χ2n) is 3.22. The highest BCUT2D eigenvalue weighted by Gasteiger charge is 2.08. The van der Waals surface area contributed by atoms with E-state index in [-0.39, 0.29) is 18.2 Å². The van der Waals surface area contributed by atoms with E-state index in [2.05, 4.69) is 10.5 Å². The molecule has 1 N–H and O–H groups in total. The number of ether oxygens (including phenoxy) is 1. The Labute approximate surface area is 99.5 Å². The second-order valence-corrected chi connectivity index (χ2v) is 3.22. The summed E-state index contributed by atoms with van der Waals surface area (Å²) in [6.07, 6.45) is 0. The lowest BCUT2D eigenvalue weighted by atomic mass is 10.2. The van der Waals surface area contributed by atoms with Gasteiger partial charge in [-0.1, -0.05) is 18.2 Å². The van der Waals surface area contributed by atoms with Crippen molar-refractivity contribution in [1.29, 1.82) is 0 Å². The smallest absolute Gasteiger partial charge is 0.354 e. The van der Waals surface area contributed by atoms with E-state index >= 15 is 0 Å².